The molecule has 0 N–H and O–H groups in total. The number of hydrogen-bond donors (Lipinski definition) is 0. The van der Waals surface area contributed by atoms with E-state index in [4.69, 9.17) is 8.85 Å². The van der Waals surface area contributed by atoms with E-state index in [9.17, 15) is 0 Å². The average molecular weight is 804 g/mol. The van der Waals surface area contributed by atoms with Crippen molar-refractivity contribution in [1.29, 1.82) is 0 Å². The molecule has 0 heterocycles. The summed E-state index contributed by atoms with van der Waals surface area (Å²) in [5.74, 6) is 2.29. The first-order chi connectivity index (χ1) is 17.7. The second-order valence-electron chi connectivity index (χ2n) is 14.4. The number of hydrogen-bond acceptors (Lipinski definition) is 2. The van der Waals surface area contributed by atoms with Gasteiger partial charge in [0.2, 0.25) is 16.6 Å². The fourth-order valence-corrected chi connectivity index (χ4v) is 9.84. The van der Waals surface area contributed by atoms with Crippen molar-refractivity contribution >= 4 is 16.6 Å². The Morgan fingerprint density at radius 1 is 0.634 bits per heavy atom. The third-order valence-corrected chi connectivity index (χ3v) is 18.6. The van der Waals surface area contributed by atoms with Gasteiger partial charge < -0.3 is 33.7 Å². The molecule has 2 aromatic rings. The number of fused-ring (bicyclic) bond motifs is 2. The molecule has 0 amide bonds. The zero-order chi connectivity index (χ0) is 28.2. The molecule has 0 fully saturated rings. The monoisotopic (exact) mass is 804 g/mol. The van der Waals surface area contributed by atoms with E-state index in [-0.39, 0.29) is 50.7 Å². The quantitative estimate of drug-likeness (QED) is 0.252. The molecule has 0 aliphatic heterocycles. The number of halogens is 2. The van der Waals surface area contributed by atoms with Crippen LogP contribution >= 0.6 is 0 Å². The van der Waals surface area contributed by atoms with Gasteiger partial charge in [0.05, 0.1) is 0 Å². The van der Waals surface area contributed by atoms with Gasteiger partial charge in [0.25, 0.3) is 0 Å². The molecule has 0 aromatic heterocycles. The van der Waals surface area contributed by atoms with Crippen molar-refractivity contribution in [3.8, 4) is 11.5 Å². The van der Waals surface area contributed by atoms with Crippen LogP contribution < -0.4 is 33.7 Å². The summed E-state index contributed by atoms with van der Waals surface area (Å²) in [7, 11) is -3.41. The minimum absolute atomic E-state index is 0. The van der Waals surface area contributed by atoms with Gasteiger partial charge in [-0.2, -0.15) is 34.4 Å². The second kappa shape index (κ2) is 17.0. The van der Waals surface area contributed by atoms with E-state index in [1.807, 2.05) is 0 Å². The van der Waals surface area contributed by atoms with Crippen LogP contribution in [0.2, 0.25) is 36.3 Å². The SMILES string of the molecule is CCCC(C)(C)[Si](C)(C)Oc1cc2c([cH-]1)CCCC2.CCCC(C)(C)[Si](C)(C)Oc1cc2c([cH-]1)CCCC2.[Cl-].[Cl-].[Hf+4]. The van der Waals surface area contributed by atoms with Crippen LogP contribution in [0.1, 0.15) is 115 Å². The minimum atomic E-state index is -1.71. The van der Waals surface area contributed by atoms with Crippen molar-refractivity contribution < 1.29 is 59.5 Å². The zero-order valence-corrected chi connectivity index (χ0v) is 35.0. The molecule has 0 saturated heterocycles. The Kier molecular flexibility index (Phi) is 17.1. The molecule has 2 nitrogen and oxygen atoms in total. The first-order valence-electron chi connectivity index (χ1n) is 15.7. The van der Waals surface area contributed by atoms with E-state index < -0.39 is 16.6 Å². The first-order valence-corrected chi connectivity index (χ1v) is 21.5. The number of rotatable bonds is 10. The maximum Gasteiger partial charge on any atom is 4.00 e. The van der Waals surface area contributed by atoms with Crippen LogP contribution in [0, 0.1) is 0 Å². The molecule has 0 spiro atoms. The van der Waals surface area contributed by atoms with Gasteiger partial charge in [0.15, 0.2) is 0 Å². The summed E-state index contributed by atoms with van der Waals surface area (Å²) in [6, 6.07) is 9.24. The fourth-order valence-electron chi connectivity index (χ4n) is 6.17. The maximum atomic E-state index is 6.51. The molecular formula is C34H58Cl2HfO2Si2. The summed E-state index contributed by atoms with van der Waals surface area (Å²) in [6.07, 6.45) is 15.4. The zero-order valence-electron chi connectivity index (χ0n) is 27.9. The molecule has 0 atom stereocenters. The van der Waals surface area contributed by atoms with Crippen LogP contribution in [0.4, 0.5) is 0 Å². The Morgan fingerprint density at radius 3 is 1.24 bits per heavy atom. The largest absolute Gasteiger partial charge is 4.00 e. The summed E-state index contributed by atoms with van der Waals surface area (Å²) in [5.41, 5.74) is 6.16. The van der Waals surface area contributed by atoms with E-state index >= 15 is 0 Å². The molecule has 7 heteroatoms. The normalized spacial score (nSPS) is 15.1. The maximum absolute atomic E-state index is 6.51. The average Bonchev–Trinajstić information content (AvgIpc) is 3.41. The summed E-state index contributed by atoms with van der Waals surface area (Å²) in [6.45, 7) is 23.5. The van der Waals surface area contributed by atoms with Crippen LogP contribution in [0.3, 0.4) is 0 Å². The molecule has 2 aliphatic rings. The van der Waals surface area contributed by atoms with E-state index in [2.05, 4.69) is 92.0 Å². The van der Waals surface area contributed by atoms with Crippen molar-refractivity contribution in [3.63, 3.8) is 0 Å². The van der Waals surface area contributed by atoms with Gasteiger partial charge in [0.1, 0.15) is 0 Å². The van der Waals surface area contributed by atoms with Crippen LogP contribution in [-0.2, 0) is 51.5 Å². The Labute approximate surface area is 287 Å². The van der Waals surface area contributed by atoms with Crippen molar-refractivity contribution in [2.45, 2.75) is 155 Å². The topological polar surface area (TPSA) is 18.5 Å². The molecule has 0 bridgehead atoms. The molecule has 0 saturated carbocycles. The molecule has 232 valence electrons. The van der Waals surface area contributed by atoms with Gasteiger partial charge in [-0.25, -0.2) is 0 Å². The van der Waals surface area contributed by atoms with E-state index in [1.54, 1.807) is 22.3 Å². The van der Waals surface area contributed by atoms with Gasteiger partial charge in [-0.05, 0) is 60.6 Å². The second-order valence-corrected chi connectivity index (χ2v) is 23.5. The third kappa shape index (κ3) is 10.6. The summed E-state index contributed by atoms with van der Waals surface area (Å²) in [4.78, 5) is 0. The Morgan fingerprint density at radius 2 is 0.951 bits per heavy atom. The van der Waals surface area contributed by atoms with Crippen molar-refractivity contribution in [3.05, 3.63) is 46.5 Å². The van der Waals surface area contributed by atoms with Crippen molar-refractivity contribution in [1.82, 2.24) is 0 Å². The van der Waals surface area contributed by atoms with Gasteiger partial charge in [-0.1, -0.05) is 106 Å². The third-order valence-electron chi connectivity index (χ3n) is 10.1. The van der Waals surface area contributed by atoms with Crippen molar-refractivity contribution in [2.75, 3.05) is 0 Å². The Balaban J connectivity index is 0.000000727. The van der Waals surface area contributed by atoms with Gasteiger partial charge in [-0.3, -0.25) is 0 Å². The van der Waals surface area contributed by atoms with Crippen LogP contribution in [0.5, 0.6) is 11.5 Å². The number of aryl methyl sites for hydroxylation is 4. The van der Waals surface area contributed by atoms with Gasteiger partial charge in [0, 0.05) is 0 Å². The van der Waals surface area contributed by atoms with Crippen LogP contribution in [0.15, 0.2) is 24.3 Å². The molecule has 0 unspecified atom stereocenters. The standard InChI is InChI=1S/2C17H29OSi.2ClH.Hf/c2*1-6-11-17(2,3)19(4,5)18-16-12-14-9-7-8-10-15(14)13-16;;;/h2*12-13H,6-11H2,1-5H3;2*1H;/q2*-1;;;+4/p-2. The summed E-state index contributed by atoms with van der Waals surface area (Å²) < 4.78 is 13.0. The fraction of sp³-hybridized carbons (Fsp3) is 0.706. The molecule has 0 radical (unpaired) electrons. The van der Waals surface area contributed by atoms with Crippen molar-refractivity contribution in [2.24, 2.45) is 0 Å². The summed E-state index contributed by atoms with van der Waals surface area (Å²) in [5, 5.41) is 0.666. The molecule has 4 rings (SSSR count). The van der Waals surface area contributed by atoms with Crippen LogP contribution in [-0.4, -0.2) is 16.6 Å². The minimum Gasteiger partial charge on any atom is -1.00 e. The van der Waals surface area contributed by atoms with Gasteiger partial charge in [-0.15, -0.1) is 12.1 Å². The predicted molar refractivity (Wildman–Crippen MR) is 171 cm³/mol. The predicted octanol–water partition coefficient (Wildman–Crippen LogP) is 4.90. The molecule has 2 aromatic carbocycles. The van der Waals surface area contributed by atoms with E-state index in [0.29, 0.717) is 10.1 Å². The first kappa shape index (κ1) is 41.2. The molecular weight excluding hydrogens is 746 g/mol. The Bertz CT molecular complexity index is 910. The van der Waals surface area contributed by atoms with Crippen LogP contribution in [0.25, 0.3) is 0 Å². The smallest absolute Gasteiger partial charge is 1.00 e. The van der Waals surface area contributed by atoms with E-state index in [0.717, 1.165) is 11.5 Å². The summed E-state index contributed by atoms with van der Waals surface area (Å²) >= 11 is 0. The Hall–Kier alpha value is 0.184. The molecule has 2 aliphatic carbocycles. The van der Waals surface area contributed by atoms with Gasteiger partial charge >= 0.3 is 25.8 Å². The molecule has 41 heavy (non-hydrogen) atoms. The van der Waals surface area contributed by atoms with E-state index in [1.165, 1.54) is 77.0 Å².